The molecule has 1 fully saturated rings. The molecule has 0 radical (unpaired) electrons. The third-order valence-electron chi connectivity index (χ3n) is 3.08. The van der Waals surface area contributed by atoms with E-state index in [0.29, 0.717) is 18.7 Å². The zero-order chi connectivity index (χ0) is 14.2. The molecule has 19 heavy (non-hydrogen) atoms. The lowest BCUT2D eigenvalue weighted by molar-refractivity contribution is -0.127. The number of likely N-dealkylation sites (tertiary alicyclic amines) is 1. The Bertz CT molecular complexity index is 614. The van der Waals surface area contributed by atoms with Gasteiger partial charge in [0.2, 0.25) is 15.9 Å². The average molecular weight is 284 g/mol. The number of benzene rings is 1. The quantitative estimate of drug-likeness (QED) is 0.650. The van der Waals surface area contributed by atoms with Crippen LogP contribution in [0, 0.1) is 0 Å². The topological polar surface area (TPSA) is 119 Å². The van der Waals surface area contributed by atoms with Crippen LogP contribution in [-0.2, 0) is 14.8 Å². The first-order valence-corrected chi connectivity index (χ1v) is 7.27. The lowest BCUT2D eigenvalue weighted by atomic mass is 10.2. The standard InChI is InChI=1S/C11H16N4O3S/c1-15-5-4-9(11(15)16)14-7-2-3-10(8(12)6-7)19(13,17)18/h2-3,6,9,14H,4-5,12H2,1H3,(H2,13,17,18). The van der Waals surface area contributed by atoms with Gasteiger partial charge >= 0.3 is 0 Å². The van der Waals surface area contributed by atoms with Crippen molar-refractivity contribution >= 4 is 27.3 Å². The summed E-state index contributed by atoms with van der Waals surface area (Å²) >= 11 is 0. The van der Waals surface area contributed by atoms with Crippen molar-refractivity contribution in [1.29, 1.82) is 0 Å². The van der Waals surface area contributed by atoms with Crippen molar-refractivity contribution < 1.29 is 13.2 Å². The van der Waals surface area contributed by atoms with Gasteiger partial charge in [0, 0.05) is 19.3 Å². The van der Waals surface area contributed by atoms with E-state index in [1.807, 2.05) is 0 Å². The molecule has 8 heteroatoms. The molecule has 1 aliphatic rings. The lowest BCUT2D eigenvalue weighted by Crippen LogP contribution is -2.31. The Labute approximate surface area is 111 Å². The minimum absolute atomic E-state index is 0.00842. The summed E-state index contributed by atoms with van der Waals surface area (Å²) < 4.78 is 22.4. The van der Waals surface area contributed by atoms with Crippen LogP contribution in [0.3, 0.4) is 0 Å². The van der Waals surface area contributed by atoms with Crippen LogP contribution in [0.2, 0.25) is 0 Å². The summed E-state index contributed by atoms with van der Waals surface area (Å²) in [6, 6.07) is 4.04. The molecule has 1 unspecified atom stereocenters. The number of primary sulfonamides is 1. The molecule has 5 N–H and O–H groups in total. The first kappa shape index (κ1) is 13.6. The number of anilines is 2. The number of nitrogen functional groups attached to an aromatic ring is 1. The molecular formula is C11H16N4O3S. The van der Waals surface area contributed by atoms with E-state index >= 15 is 0 Å². The number of nitrogens with two attached hydrogens (primary N) is 2. The van der Waals surface area contributed by atoms with Gasteiger partial charge in [-0.05, 0) is 24.6 Å². The van der Waals surface area contributed by atoms with Crippen molar-refractivity contribution in [3.63, 3.8) is 0 Å². The van der Waals surface area contributed by atoms with Gasteiger partial charge in [0.1, 0.15) is 10.9 Å². The van der Waals surface area contributed by atoms with Crippen LogP contribution < -0.4 is 16.2 Å². The SMILES string of the molecule is CN1CCC(Nc2ccc(S(N)(=O)=O)c(N)c2)C1=O. The number of hydrogen-bond donors (Lipinski definition) is 3. The molecule has 0 bridgehead atoms. The van der Waals surface area contributed by atoms with Crippen molar-refractivity contribution in [3.05, 3.63) is 18.2 Å². The Morgan fingerprint density at radius 3 is 2.58 bits per heavy atom. The molecule has 1 saturated heterocycles. The molecule has 1 amide bonds. The molecule has 0 aliphatic carbocycles. The van der Waals surface area contributed by atoms with Crippen LogP contribution in [0.5, 0.6) is 0 Å². The third-order valence-corrected chi connectivity index (χ3v) is 4.07. The van der Waals surface area contributed by atoms with Crippen LogP contribution in [0.1, 0.15) is 6.42 Å². The van der Waals surface area contributed by atoms with Gasteiger partial charge in [-0.15, -0.1) is 0 Å². The highest BCUT2D eigenvalue weighted by molar-refractivity contribution is 7.89. The Morgan fingerprint density at radius 1 is 1.42 bits per heavy atom. The molecule has 1 aromatic rings. The fourth-order valence-corrected chi connectivity index (χ4v) is 2.70. The molecule has 1 aromatic carbocycles. The van der Waals surface area contributed by atoms with Gasteiger partial charge < -0.3 is 16.0 Å². The number of likely N-dealkylation sites (N-methyl/N-ethyl adjacent to an activating group) is 1. The van der Waals surface area contributed by atoms with Gasteiger partial charge in [-0.25, -0.2) is 13.6 Å². The molecule has 0 saturated carbocycles. The van der Waals surface area contributed by atoms with E-state index in [1.165, 1.54) is 12.1 Å². The summed E-state index contributed by atoms with van der Waals surface area (Å²) in [5.74, 6) is 0.00842. The van der Waals surface area contributed by atoms with Crippen LogP contribution in [-0.4, -0.2) is 38.9 Å². The van der Waals surface area contributed by atoms with E-state index < -0.39 is 10.0 Å². The van der Waals surface area contributed by atoms with Crippen molar-refractivity contribution in [2.24, 2.45) is 5.14 Å². The maximum absolute atomic E-state index is 11.7. The predicted molar refractivity (Wildman–Crippen MR) is 71.9 cm³/mol. The number of nitrogens with one attached hydrogen (secondary N) is 1. The maximum Gasteiger partial charge on any atom is 0.244 e. The number of amides is 1. The van der Waals surface area contributed by atoms with Crippen LogP contribution in [0.15, 0.2) is 23.1 Å². The van der Waals surface area contributed by atoms with Gasteiger partial charge in [-0.2, -0.15) is 0 Å². The first-order valence-electron chi connectivity index (χ1n) is 5.73. The molecule has 2 rings (SSSR count). The molecular weight excluding hydrogens is 268 g/mol. The van der Waals surface area contributed by atoms with Gasteiger partial charge in [0.15, 0.2) is 0 Å². The monoisotopic (exact) mass is 284 g/mol. The molecule has 1 atom stereocenters. The number of sulfonamides is 1. The predicted octanol–water partition coefficient (Wildman–Crippen LogP) is -0.441. The Kier molecular flexibility index (Phi) is 3.38. The summed E-state index contributed by atoms with van der Waals surface area (Å²) in [5.41, 5.74) is 6.31. The van der Waals surface area contributed by atoms with Crippen molar-refractivity contribution in [2.75, 3.05) is 24.6 Å². The minimum atomic E-state index is -3.82. The van der Waals surface area contributed by atoms with Crippen molar-refractivity contribution in [3.8, 4) is 0 Å². The molecule has 7 nitrogen and oxygen atoms in total. The highest BCUT2D eigenvalue weighted by Crippen LogP contribution is 2.23. The zero-order valence-electron chi connectivity index (χ0n) is 10.5. The van der Waals surface area contributed by atoms with E-state index in [2.05, 4.69) is 5.32 Å². The first-order chi connectivity index (χ1) is 8.79. The average Bonchev–Trinajstić information content (AvgIpc) is 2.59. The van der Waals surface area contributed by atoms with Crippen molar-refractivity contribution in [1.82, 2.24) is 4.90 Å². The molecule has 1 aliphatic heterocycles. The maximum atomic E-state index is 11.7. The Balaban J connectivity index is 2.20. The van der Waals surface area contributed by atoms with Gasteiger partial charge in [0.05, 0.1) is 5.69 Å². The van der Waals surface area contributed by atoms with Crippen LogP contribution >= 0.6 is 0 Å². The lowest BCUT2D eigenvalue weighted by Gasteiger charge is -2.14. The smallest absolute Gasteiger partial charge is 0.244 e. The third kappa shape index (κ3) is 2.79. The van der Waals surface area contributed by atoms with E-state index in [9.17, 15) is 13.2 Å². The normalized spacial score (nSPS) is 19.8. The van der Waals surface area contributed by atoms with Gasteiger partial charge in [0.25, 0.3) is 0 Å². The second-order valence-corrected chi connectivity index (χ2v) is 6.07. The van der Waals surface area contributed by atoms with E-state index in [0.717, 1.165) is 0 Å². The van der Waals surface area contributed by atoms with E-state index in [1.54, 1.807) is 18.0 Å². The molecule has 1 heterocycles. The largest absolute Gasteiger partial charge is 0.398 e. The summed E-state index contributed by atoms with van der Waals surface area (Å²) in [6.07, 6.45) is 0.701. The fourth-order valence-electron chi connectivity index (χ4n) is 2.05. The summed E-state index contributed by atoms with van der Waals surface area (Å²) in [7, 11) is -2.09. The van der Waals surface area contributed by atoms with Gasteiger partial charge in [-0.3, -0.25) is 4.79 Å². The highest BCUT2D eigenvalue weighted by atomic mass is 32.2. The number of carbonyl (C=O) groups is 1. The Hall–Kier alpha value is -1.80. The summed E-state index contributed by atoms with van der Waals surface area (Å²) in [5, 5.41) is 8.06. The van der Waals surface area contributed by atoms with Crippen molar-refractivity contribution in [2.45, 2.75) is 17.4 Å². The minimum Gasteiger partial charge on any atom is -0.398 e. The fraction of sp³-hybridized carbons (Fsp3) is 0.364. The number of rotatable bonds is 3. The summed E-state index contributed by atoms with van der Waals surface area (Å²) in [6.45, 7) is 0.696. The number of carbonyl (C=O) groups excluding carboxylic acids is 1. The van der Waals surface area contributed by atoms with Gasteiger partial charge in [-0.1, -0.05) is 0 Å². The molecule has 0 spiro atoms. The highest BCUT2D eigenvalue weighted by Gasteiger charge is 2.28. The molecule has 104 valence electrons. The van der Waals surface area contributed by atoms with E-state index in [4.69, 9.17) is 10.9 Å². The number of nitrogens with zero attached hydrogens (tertiary/aromatic N) is 1. The second kappa shape index (κ2) is 4.71. The number of hydrogen-bond acceptors (Lipinski definition) is 5. The van der Waals surface area contributed by atoms with Crippen LogP contribution in [0.25, 0.3) is 0 Å². The molecule has 0 aromatic heterocycles. The Morgan fingerprint density at radius 2 is 2.11 bits per heavy atom. The van der Waals surface area contributed by atoms with Crippen LogP contribution in [0.4, 0.5) is 11.4 Å². The second-order valence-electron chi connectivity index (χ2n) is 4.54. The van der Waals surface area contributed by atoms with E-state index in [-0.39, 0.29) is 22.5 Å². The zero-order valence-corrected chi connectivity index (χ0v) is 11.3. The summed E-state index contributed by atoms with van der Waals surface area (Å²) in [4.78, 5) is 13.3.